The summed E-state index contributed by atoms with van der Waals surface area (Å²) in [5, 5.41) is 13.5. The van der Waals surface area contributed by atoms with Crippen molar-refractivity contribution in [3.05, 3.63) is 64.7 Å². The number of hydrogen-bond acceptors (Lipinski definition) is 4. The van der Waals surface area contributed by atoms with Crippen LogP contribution in [-0.2, 0) is 21.1 Å². The molecular weight excluding hydrogens is 374 g/mol. The summed E-state index contributed by atoms with van der Waals surface area (Å²) in [6.45, 7) is 0. The van der Waals surface area contributed by atoms with Crippen molar-refractivity contribution in [3.63, 3.8) is 0 Å². The number of carbonyl (C=O) groups is 1. The first-order chi connectivity index (χ1) is 12.3. The van der Waals surface area contributed by atoms with Crippen LogP contribution in [0.1, 0.15) is 30.0 Å². The number of hydrogen-bond donors (Lipinski definition) is 2. The van der Waals surface area contributed by atoms with E-state index in [-0.39, 0.29) is 17.7 Å². The van der Waals surface area contributed by atoms with Crippen LogP contribution in [0.4, 0.5) is 0 Å². The third-order valence-corrected chi connectivity index (χ3v) is 8.01. The molecule has 2 aliphatic carbocycles. The number of rotatable bonds is 4. The molecule has 2 N–H and O–H groups in total. The van der Waals surface area contributed by atoms with Gasteiger partial charge in [-0.3, -0.25) is 4.79 Å². The molecule has 1 fully saturated rings. The Kier molecular flexibility index (Phi) is 4.10. The normalized spacial score (nSPS) is 23.3. The average molecular weight is 392 g/mol. The largest absolute Gasteiger partial charge is 0.390 e. The van der Waals surface area contributed by atoms with Gasteiger partial charge in [-0.1, -0.05) is 35.9 Å². The van der Waals surface area contributed by atoms with Crippen LogP contribution in [0.15, 0.2) is 53.4 Å². The predicted molar refractivity (Wildman–Crippen MR) is 97.6 cm³/mol. The lowest BCUT2D eigenvalue weighted by molar-refractivity contribution is -0.122. The molecule has 0 radical (unpaired) electrons. The van der Waals surface area contributed by atoms with E-state index in [0.29, 0.717) is 11.4 Å². The number of aliphatic hydroxyl groups is 1. The highest BCUT2D eigenvalue weighted by atomic mass is 35.5. The van der Waals surface area contributed by atoms with Gasteiger partial charge in [-0.05, 0) is 48.2 Å². The summed E-state index contributed by atoms with van der Waals surface area (Å²) in [7, 11) is -3.83. The van der Waals surface area contributed by atoms with E-state index in [1.807, 2.05) is 24.3 Å². The molecule has 5 nitrogen and oxygen atoms in total. The first-order valence-corrected chi connectivity index (χ1v) is 10.3. The molecule has 26 heavy (non-hydrogen) atoms. The second-order valence-electron chi connectivity index (χ2n) is 6.87. The van der Waals surface area contributed by atoms with Crippen LogP contribution in [0.3, 0.4) is 0 Å². The lowest BCUT2D eigenvalue weighted by Crippen LogP contribution is -2.45. The van der Waals surface area contributed by atoms with Gasteiger partial charge in [-0.25, -0.2) is 8.42 Å². The quantitative estimate of drug-likeness (QED) is 0.838. The molecule has 0 unspecified atom stereocenters. The van der Waals surface area contributed by atoms with Crippen LogP contribution in [-0.4, -0.2) is 30.3 Å². The molecule has 2 aliphatic rings. The van der Waals surface area contributed by atoms with Gasteiger partial charge in [0.2, 0.25) is 5.91 Å². The van der Waals surface area contributed by atoms with Gasteiger partial charge in [-0.2, -0.15) is 0 Å². The zero-order valence-corrected chi connectivity index (χ0v) is 15.4. The molecule has 2 aromatic rings. The van der Waals surface area contributed by atoms with Gasteiger partial charge < -0.3 is 10.4 Å². The molecule has 7 heteroatoms. The minimum Gasteiger partial charge on any atom is -0.390 e. The molecule has 0 aliphatic heterocycles. The number of sulfone groups is 1. The van der Waals surface area contributed by atoms with Gasteiger partial charge in [0.1, 0.15) is 0 Å². The highest BCUT2D eigenvalue weighted by Gasteiger charge is 2.61. The van der Waals surface area contributed by atoms with E-state index < -0.39 is 32.6 Å². The second kappa shape index (κ2) is 6.08. The molecule has 1 saturated carbocycles. The van der Waals surface area contributed by atoms with Crippen molar-refractivity contribution in [3.8, 4) is 0 Å². The molecule has 0 saturated heterocycles. The molecule has 136 valence electrons. The number of nitrogens with one attached hydrogen (secondary N) is 1. The van der Waals surface area contributed by atoms with Gasteiger partial charge in [0.25, 0.3) is 0 Å². The summed E-state index contributed by atoms with van der Waals surface area (Å²) in [6.07, 6.45) is 0.228. The van der Waals surface area contributed by atoms with E-state index >= 15 is 0 Å². The first-order valence-electron chi connectivity index (χ1n) is 8.42. The van der Waals surface area contributed by atoms with E-state index in [1.165, 1.54) is 24.3 Å². The Morgan fingerprint density at radius 3 is 2.42 bits per heavy atom. The Hall–Kier alpha value is -1.89. The number of halogens is 1. The zero-order chi connectivity index (χ0) is 18.5. The molecule has 0 heterocycles. The highest BCUT2D eigenvalue weighted by Crippen LogP contribution is 2.48. The molecule has 4 rings (SSSR count). The van der Waals surface area contributed by atoms with E-state index in [1.54, 1.807) is 0 Å². The van der Waals surface area contributed by atoms with Crippen molar-refractivity contribution < 1.29 is 18.3 Å². The van der Waals surface area contributed by atoms with Crippen molar-refractivity contribution in [1.82, 2.24) is 5.32 Å². The van der Waals surface area contributed by atoms with Crippen molar-refractivity contribution in [2.75, 3.05) is 0 Å². The topological polar surface area (TPSA) is 83.5 Å². The Morgan fingerprint density at radius 2 is 1.77 bits per heavy atom. The van der Waals surface area contributed by atoms with Crippen molar-refractivity contribution in [2.24, 2.45) is 0 Å². The van der Waals surface area contributed by atoms with E-state index in [2.05, 4.69) is 5.32 Å². The SMILES string of the molecule is O=C(N[C@@H]1c2ccccc2C[C@@H]1O)C1(S(=O)(=O)c2ccc(Cl)cc2)CC1. The molecule has 0 spiro atoms. The summed E-state index contributed by atoms with van der Waals surface area (Å²) in [6, 6.07) is 12.7. The number of fused-ring (bicyclic) bond motifs is 1. The van der Waals surface area contributed by atoms with Crippen LogP contribution in [0.25, 0.3) is 0 Å². The molecule has 0 bridgehead atoms. The summed E-state index contributed by atoms with van der Waals surface area (Å²) in [5.41, 5.74) is 1.81. The van der Waals surface area contributed by atoms with Crippen LogP contribution >= 0.6 is 11.6 Å². The third-order valence-electron chi connectivity index (χ3n) is 5.25. The lowest BCUT2D eigenvalue weighted by atomic mass is 10.1. The fraction of sp³-hybridized carbons (Fsp3) is 0.316. The van der Waals surface area contributed by atoms with Crippen molar-refractivity contribution in [2.45, 2.75) is 41.1 Å². The van der Waals surface area contributed by atoms with Crippen LogP contribution in [0.5, 0.6) is 0 Å². The van der Waals surface area contributed by atoms with Crippen LogP contribution in [0, 0.1) is 0 Å². The van der Waals surface area contributed by atoms with Gasteiger partial charge in [0.05, 0.1) is 17.0 Å². The first kappa shape index (κ1) is 17.5. The lowest BCUT2D eigenvalue weighted by Gasteiger charge is -2.22. The minimum absolute atomic E-state index is 0.0851. The van der Waals surface area contributed by atoms with E-state index in [4.69, 9.17) is 11.6 Å². The van der Waals surface area contributed by atoms with E-state index in [0.717, 1.165) is 11.1 Å². The standard InChI is InChI=1S/C19H18ClNO4S/c20-13-5-7-14(8-6-13)26(24,25)19(9-10-19)18(23)21-17-15-4-2-1-3-12(15)11-16(17)22/h1-8,16-17,22H,9-11H2,(H,21,23)/t16-,17+/m0/s1. The zero-order valence-electron chi connectivity index (χ0n) is 13.9. The number of benzene rings is 2. The maximum Gasteiger partial charge on any atom is 0.242 e. The summed E-state index contributed by atoms with van der Waals surface area (Å²) >= 11 is 5.83. The monoisotopic (exact) mass is 391 g/mol. The average Bonchev–Trinajstić information content (AvgIpc) is 3.38. The molecule has 1 amide bonds. The van der Waals surface area contributed by atoms with E-state index in [9.17, 15) is 18.3 Å². The highest BCUT2D eigenvalue weighted by molar-refractivity contribution is 7.94. The molecule has 2 aromatic carbocycles. The van der Waals surface area contributed by atoms with Gasteiger partial charge in [0, 0.05) is 11.4 Å². The molecular formula is C19H18ClNO4S. The fourth-order valence-electron chi connectivity index (χ4n) is 3.59. The molecule has 2 atom stereocenters. The van der Waals surface area contributed by atoms with Crippen LogP contribution in [0.2, 0.25) is 5.02 Å². The van der Waals surface area contributed by atoms with Crippen molar-refractivity contribution in [1.29, 1.82) is 0 Å². The Bertz CT molecular complexity index is 967. The Balaban J connectivity index is 1.61. The third kappa shape index (κ3) is 2.64. The predicted octanol–water partition coefficient (Wildman–Crippen LogP) is 2.42. The smallest absolute Gasteiger partial charge is 0.242 e. The fourth-order valence-corrected chi connectivity index (χ4v) is 5.61. The summed E-state index contributed by atoms with van der Waals surface area (Å²) in [5.74, 6) is -0.548. The van der Waals surface area contributed by atoms with Gasteiger partial charge in [0.15, 0.2) is 14.6 Å². The minimum atomic E-state index is -3.83. The number of aliphatic hydroxyl groups excluding tert-OH is 1. The summed E-state index contributed by atoms with van der Waals surface area (Å²) in [4.78, 5) is 13.0. The maximum absolute atomic E-state index is 13.0. The summed E-state index contributed by atoms with van der Waals surface area (Å²) < 4.78 is 24.5. The van der Waals surface area contributed by atoms with Gasteiger partial charge in [-0.15, -0.1) is 0 Å². The number of amides is 1. The number of carbonyl (C=O) groups excluding carboxylic acids is 1. The Labute approximate surface area is 156 Å². The molecule has 0 aromatic heterocycles. The second-order valence-corrected chi connectivity index (χ2v) is 9.57. The van der Waals surface area contributed by atoms with Crippen molar-refractivity contribution >= 4 is 27.3 Å². The maximum atomic E-state index is 13.0. The van der Waals surface area contributed by atoms with Crippen LogP contribution < -0.4 is 5.32 Å². The Morgan fingerprint density at radius 1 is 1.12 bits per heavy atom. The van der Waals surface area contributed by atoms with Gasteiger partial charge >= 0.3 is 0 Å².